The van der Waals surface area contributed by atoms with Crippen LogP contribution in [-0.2, 0) is 33.4 Å². The molecule has 0 aromatic carbocycles. The maximum atomic E-state index is 12.8. The lowest BCUT2D eigenvalue weighted by molar-refractivity contribution is -0.156. The van der Waals surface area contributed by atoms with Gasteiger partial charge >= 0.3 is 29.8 Å². The molecule has 12 fully saturated rings. The van der Waals surface area contributed by atoms with Crippen LogP contribution in [0.4, 0.5) is 8.78 Å². The van der Waals surface area contributed by atoms with Crippen molar-refractivity contribution < 1.29 is 67.8 Å². The molecular weight excluding hydrogens is 1660 g/mol. The Morgan fingerprint density at radius 1 is 0.293 bits per heavy atom. The summed E-state index contributed by atoms with van der Waals surface area (Å²) in [5.74, 6) is 2.88. The minimum Gasteiger partial charge on any atom is -0.481 e. The van der Waals surface area contributed by atoms with E-state index in [-0.39, 0.29) is 51.8 Å². The third-order valence-electron chi connectivity index (χ3n) is 40.7. The van der Waals surface area contributed by atoms with Crippen LogP contribution in [0.15, 0.2) is 0 Å². The van der Waals surface area contributed by atoms with E-state index in [1.165, 1.54) is 205 Å². The highest BCUT2D eigenvalue weighted by Crippen LogP contribution is 2.61. The average Bonchev–Trinajstić information content (AvgIpc) is 1.61. The van der Waals surface area contributed by atoms with Gasteiger partial charge in [-0.3, -0.25) is 24.0 Å². The molecule has 2 saturated heterocycles. The van der Waals surface area contributed by atoms with Crippen LogP contribution < -0.4 is 0 Å². The summed E-state index contributed by atoms with van der Waals surface area (Å²) >= 11 is 0. The molecule has 786 valence electrons. The second-order valence-corrected chi connectivity index (χ2v) is 52.3. The molecule has 0 radical (unpaired) electrons. The number of aliphatic carboxylic acids is 5. The Morgan fingerprint density at radius 2 is 0.571 bits per heavy atom. The molecule has 12 rings (SSSR count). The van der Waals surface area contributed by atoms with Crippen LogP contribution in [-0.4, -0.2) is 87.7 Å². The van der Waals surface area contributed by atoms with Gasteiger partial charge in [0.05, 0.1) is 24.7 Å². The van der Waals surface area contributed by atoms with E-state index in [1.807, 2.05) is 0 Å². The smallest absolute Gasteiger partial charge is 0.310 e. The number of carboxylic acid groups (broad SMARTS) is 5. The van der Waals surface area contributed by atoms with Gasteiger partial charge in [-0.1, -0.05) is 324 Å². The molecule has 3 unspecified atom stereocenters. The third-order valence-corrected chi connectivity index (χ3v) is 40.7. The fourth-order valence-corrected chi connectivity index (χ4v) is 26.1. The third kappa shape index (κ3) is 39.8. The molecule has 2 bridgehead atoms. The van der Waals surface area contributed by atoms with E-state index in [4.69, 9.17) is 29.9 Å². The van der Waals surface area contributed by atoms with Crippen molar-refractivity contribution in [3.8, 4) is 0 Å². The molecule has 0 amide bonds. The van der Waals surface area contributed by atoms with E-state index in [0.717, 1.165) is 132 Å². The van der Waals surface area contributed by atoms with Crippen molar-refractivity contribution in [3.05, 3.63) is 0 Å². The summed E-state index contributed by atoms with van der Waals surface area (Å²) < 4.78 is 36.3. The molecule has 0 aromatic rings. The van der Waals surface area contributed by atoms with E-state index >= 15 is 0 Å². The van der Waals surface area contributed by atoms with Crippen LogP contribution in [0.2, 0.25) is 0 Å². The fraction of sp³-hybridized carbons (Fsp3) is 0.958. The maximum absolute atomic E-state index is 12.8. The zero-order chi connectivity index (χ0) is 102. The Labute approximate surface area is 821 Å². The van der Waals surface area contributed by atoms with Gasteiger partial charge in [0, 0.05) is 45.7 Å². The monoisotopic (exact) mass is 1880 g/mol. The van der Waals surface area contributed by atoms with Gasteiger partial charge in [-0.2, -0.15) is 0 Å². The summed E-state index contributed by atoms with van der Waals surface area (Å²) in [5.41, 5.74) is 4.90. The first-order chi connectivity index (χ1) is 61.5. The largest absolute Gasteiger partial charge is 0.481 e. The number of halogens is 2. The Kier molecular flexibility index (Phi) is 54.5. The molecule has 10 aliphatic carbocycles. The first-order valence-electron chi connectivity index (χ1n) is 56.2. The molecule has 2 aliphatic heterocycles. The van der Waals surface area contributed by atoms with E-state index in [9.17, 15) is 37.9 Å². The molecule has 133 heavy (non-hydrogen) atoms. The number of alkyl halides is 2. The fourth-order valence-electron chi connectivity index (χ4n) is 26.1. The highest BCUT2D eigenvalue weighted by atomic mass is 19.3. The number of carboxylic acids is 5. The van der Waals surface area contributed by atoms with Gasteiger partial charge < -0.3 is 35.0 Å². The van der Waals surface area contributed by atoms with Crippen molar-refractivity contribution >= 4 is 29.8 Å². The molecule has 0 spiro atoms. The Hall–Kier alpha value is -2.87. The molecule has 12 nitrogen and oxygen atoms in total. The maximum Gasteiger partial charge on any atom is 0.310 e. The Morgan fingerprint density at radius 3 is 0.805 bits per heavy atom. The second kappa shape index (κ2) is 57.4. The zero-order valence-electron chi connectivity index (χ0n) is 93.7. The highest BCUT2D eigenvalue weighted by molar-refractivity contribution is 5.76. The van der Waals surface area contributed by atoms with Gasteiger partial charge in [-0.15, -0.1) is 0 Å². The molecule has 0 aromatic heterocycles. The van der Waals surface area contributed by atoms with Crippen LogP contribution in [0.3, 0.4) is 0 Å². The van der Waals surface area contributed by atoms with Gasteiger partial charge in [-0.05, 0) is 328 Å². The first-order valence-corrected chi connectivity index (χ1v) is 56.2. The van der Waals surface area contributed by atoms with Gasteiger partial charge in [0.15, 0.2) is 0 Å². The lowest BCUT2D eigenvalue weighted by atomic mass is 9.60. The minimum atomic E-state index is -2.38. The molecule has 3 atom stereocenters. The zero-order valence-corrected chi connectivity index (χ0v) is 93.7. The Bertz CT molecular complexity index is 3130. The predicted molar refractivity (Wildman–Crippen MR) is 559 cm³/mol. The van der Waals surface area contributed by atoms with Crippen molar-refractivity contribution in [1.29, 1.82) is 0 Å². The van der Waals surface area contributed by atoms with Crippen molar-refractivity contribution in [2.24, 2.45) is 147 Å². The highest BCUT2D eigenvalue weighted by Gasteiger charge is 2.58. The van der Waals surface area contributed by atoms with E-state index < -0.39 is 35.8 Å². The van der Waals surface area contributed by atoms with Crippen molar-refractivity contribution in [2.45, 2.75) is 555 Å². The van der Waals surface area contributed by atoms with Crippen LogP contribution >= 0.6 is 0 Å². The van der Waals surface area contributed by atoms with Crippen LogP contribution in [0.5, 0.6) is 0 Å². The molecule has 12 aliphatic rings. The van der Waals surface area contributed by atoms with Gasteiger partial charge in [0.2, 0.25) is 5.92 Å². The summed E-state index contributed by atoms with van der Waals surface area (Å²) in [5, 5.41) is 44.4. The molecule has 5 N–H and O–H groups in total. The summed E-state index contributed by atoms with van der Waals surface area (Å²) in [7, 11) is 0. The molecule has 10 saturated carbocycles. The van der Waals surface area contributed by atoms with E-state index in [2.05, 4.69) is 222 Å². The summed E-state index contributed by atoms with van der Waals surface area (Å²) in [6, 6.07) is 0. The van der Waals surface area contributed by atoms with Crippen molar-refractivity contribution in [1.82, 2.24) is 0 Å². The molecule has 14 heteroatoms. The molecule has 2 heterocycles. The van der Waals surface area contributed by atoms with Crippen molar-refractivity contribution in [2.75, 3.05) is 26.4 Å². The topological polar surface area (TPSA) is 205 Å². The number of hydrogen-bond donors (Lipinski definition) is 5. The Balaban J connectivity index is 0.000000495. The first kappa shape index (κ1) is 126. The van der Waals surface area contributed by atoms with Gasteiger partial charge in [0.25, 0.3) is 0 Å². The molecular formula is C119H224F2O12. The SMILES string of the molecule is CC(C)C1(C(=O)O)CC2CCC1C2.CC(C)C1(C)CCC(C)(C)CC1.CC(C)C1(C)CCC(F)(F)CC1.CC(C)C1(C)CCCCC1.CC(C)C1(CC(=O)O)CCC1.CC(C)C1(CC(=O)O)CCCC1.CC(C)C1(CC(=O)O)CCCCC1.CC(C)C1(CCC(=O)O)CCOCC1.CCC1(C(C)C)CCC(C)(C)CC1.CCC1(C(C)C)CCOCC1.CCCC1(C(C)C)CCCCC1. The lowest BCUT2D eigenvalue weighted by Gasteiger charge is -2.46. The van der Waals surface area contributed by atoms with Gasteiger partial charge in [-0.25, -0.2) is 8.78 Å². The van der Waals surface area contributed by atoms with E-state index in [1.54, 1.807) is 0 Å². The average molecular weight is 1890 g/mol. The normalized spacial score (nSPS) is 25.8. The number of ether oxygens (including phenoxy) is 2. The van der Waals surface area contributed by atoms with Crippen LogP contribution in [0.1, 0.15) is 549 Å². The summed E-state index contributed by atoms with van der Waals surface area (Å²) in [4.78, 5) is 53.9. The second-order valence-electron chi connectivity index (χ2n) is 52.3. The van der Waals surface area contributed by atoms with Crippen molar-refractivity contribution in [3.63, 3.8) is 0 Å². The predicted octanol–water partition coefficient (Wildman–Crippen LogP) is 36.5. The quantitative estimate of drug-likeness (QED) is 0.0579. The van der Waals surface area contributed by atoms with Gasteiger partial charge in [0.1, 0.15) is 0 Å². The van der Waals surface area contributed by atoms with E-state index in [0.29, 0.717) is 112 Å². The van der Waals surface area contributed by atoms with Crippen LogP contribution in [0, 0.1) is 147 Å². The minimum absolute atomic E-state index is 0.0850. The number of rotatable bonds is 25. The lowest BCUT2D eigenvalue weighted by Crippen LogP contribution is -2.41. The summed E-state index contributed by atoms with van der Waals surface area (Å²) in [6.45, 7) is 76.7. The number of carbonyl (C=O) groups is 5. The number of fused-ring (bicyclic) bond motifs is 2. The summed E-state index contributed by atoms with van der Waals surface area (Å²) in [6.07, 6.45) is 58.6. The number of hydrogen-bond acceptors (Lipinski definition) is 7. The standard InChI is InChI=1S/C13H26.2C12H24.C11H20O3.C11H18O2.C11H20O2.C10H18F2.C10H18O2.C10H20O.C10H20.C9H16O2/c1-6-13(11(2)3)9-7-12(4,5)8-10-13;1-10(2)12(5)8-6-11(3,4)7-9-12;1-4-8-12(11(2)3)9-6-5-7-10-12;1-9(2)11(4-3-10(12)13)5-7-14-8-6-11;1-7(2)11(10(12)13)6-8-3-4-9(11)5-8;1-9(2)11(8-10(12)13)6-4-3-5-7-11;1-8(2)9(3)4-6-10(11,12)7-5-9;1-8(2)10(7-9(11)12)5-3-4-6-10;1-4-10(9(2)3)5-7-11-8-6-10;1-9(2)10(3)7-5-4-6-8-10;1-7(2)9(4-3-5-9)6-8(10)11/h11H,6-10H2,1-5H3;10H,6-9H2,1-5H3;11H,4-10H2,1-3H3;9H,3-8H2,1-2H3,(H,12,13);7-9H,3-6H2,1-2H3,(H,12,13);9H,3-8H2,1-2H3,(H,12,13);8H,4-7H2,1-3H3;8H,3-7H2,1-2H3,(H,11,12);9H,4-8H2,1-3H3;9H,4-8H2,1-3H3;7H,3-6H2,1-2H3,(H,10,11). The van der Waals surface area contributed by atoms with Crippen LogP contribution in [0.25, 0.3) is 0 Å².